The van der Waals surface area contributed by atoms with Crippen molar-refractivity contribution in [1.29, 1.82) is 0 Å². The van der Waals surface area contributed by atoms with Crippen LogP contribution in [0.15, 0.2) is 0 Å². The van der Waals surface area contributed by atoms with Gasteiger partial charge in [-0.1, -0.05) is 6.92 Å². The van der Waals surface area contributed by atoms with Gasteiger partial charge in [-0.3, -0.25) is 0 Å². The summed E-state index contributed by atoms with van der Waals surface area (Å²) in [6.45, 7) is 1.88. The van der Waals surface area contributed by atoms with E-state index in [0.29, 0.717) is 12.2 Å². The van der Waals surface area contributed by atoms with E-state index in [4.69, 9.17) is 0 Å². The predicted octanol–water partition coefficient (Wildman–Crippen LogP) is -0.0223. The fourth-order valence-corrected chi connectivity index (χ4v) is 0.848. The Labute approximate surface area is 70.8 Å². The maximum Gasteiger partial charge on any atom is 0.174 e. The summed E-state index contributed by atoms with van der Waals surface area (Å²) in [5.74, 6) is 0.778. The van der Waals surface area contributed by atoms with Crippen LogP contribution >= 0.6 is 0 Å². The first kappa shape index (κ1) is 8.83. The topological polar surface area (TPSA) is 60.7 Å². The molecule has 0 spiro atoms. The lowest BCUT2D eigenvalue weighted by atomic mass is 10.1. The molecule has 12 heavy (non-hydrogen) atoms. The third-order valence-electron chi connectivity index (χ3n) is 1.61. The van der Waals surface area contributed by atoms with Gasteiger partial charge >= 0.3 is 0 Å². The van der Waals surface area contributed by atoms with Crippen LogP contribution in [0.5, 0.6) is 0 Å². The molecule has 66 valence electrons. The zero-order chi connectivity index (χ0) is 8.97. The van der Waals surface area contributed by atoms with Crippen LogP contribution in [-0.4, -0.2) is 26.5 Å². The lowest BCUT2D eigenvalue weighted by molar-refractivity contribution is -0.110. The average molecular weight is 168 g/mol. The first-order valence-electron chi connectivity index (χ1n) is 3.90. The van der Waals surface area contributed by atoms with E-state index in [1.54, 1.807) is 7.05 Å². The maximum atomic E-state index is 10.3. The highest BCUT2D eigenvalue weighted by Crippen LogP contribution is 2.01. The lowest BCUT2D eigenvalue weighted by Gasteiger charge is -1.97. The van der Waals surface area contributed by atoms with Gasteiger partial charge in [0.15, 0.2) is 5.82 Å². The van der Waals surface area contributed by atoms with E-state index >= 15 is 0 Å². The van der Waals surface area contributed by atoms with E-state index < -0.39 is 0 Å². The van der Waals surface area contributed by atoms with Crippen LogP contribution < -0.4 is 0 Å². The van der Waals surface area contributed by atoms with E-state index in [2.05, 4.69) is 15.4 Å². The van der Waals surface area contributed by atoms with Crippen molar-refractivity contribution in [3.8, 4) is 0 Å². The Morgan fingerprint density at radius 3 is 2.92 bits per heavy atom. The lowest BCUT2D eigenvalue weighted by Crippen LogP contribution is -2.00. The summed E-state index contributed by atoms with van der Waals surface area (Å²) >= 11 is 0. The van der Waals surface area contributed by atoms with Crippen molar-refractivity contribution < 1.29 is 4.79 Å². The van der Waals surface area contributed by atoms with E-state index in [1.165, 1.54) is 4.80 Å². The Balaban J connectivity index is 2.37. The summed E-state index contributed by atoms with van der Waals surface area (Å²) in [4.78, 5) is 11.7. The minimum Gasteiger partial charge on any atom is -0.303 e. The highest BCUT2D eigenvalue weighted by molar-refractivity contribution is 5.52. The maximum absolute atomic E-state index is 10.3. The monoisotopic (exact) mass is 168 g/mol. The van der Waals surface area contributed by atoms with Crippen LogP contribution in [0.1, 0.15) is 19.2 Å². The van der Waals surface area contributed by atoms with Crippen LogP contribution in [0.2, 0.25) is 0 Å². The molecule has 0 bridgehead atoms. The summed E-state index contributed by atoms with van der Waals surface area (Å²) in [6.07, 6.45) is 2.44. The molecule has 5 nitrogen and oxygen atoms in total. The van der Waals surface area contributed by atoms with Crippen LogP contribution in [0, 0.1) is 5.92 Å². The molecule has 1 unspecified atom stereocenters. The van der Waals surface area contributed by atoms with E-state index in [0.717, 1.165) is 12.7 Å². The van der Waals surface area contributed by atoms with Crippen molar-refractivity contribution in [2.75, 3.05) is 0 Å². The molecular formula is C7H12N4O. The molecule has 0 aliphatic carbocycles. The molecule has 0 aromatic carbocycles. The number of nitrogens with zero attached hydrogens (tertiary/aromatic N) is 4. The van der Waals surface area contributed by atoms with Crippen molar-refractivity contribution in [3.63, 3.8) is 0 Å². The smallest absolute Gasteiger partial charge is 0.174 e. The van der Waals surface area contributed by atoms with Crippen molar-refractivity contribution >= 4 is 6.29 Å². The molecule has 0 saturated heterocycles. The highest BCUT2D eigenvalue weighted by atomic mass is 16.1. The molecule has 1 heterocycles. The quantitative estimate of drug-likeness (QED) is 0.593. The van der Waals surface area contributed by atoms with Gasteiger partial charge in [-0.25, -0.2) is 0 Å². The number of carbonyl (C=O) groups excluding carboxylic acids is 1. The molecule has 0 N–H and O–H groups in total. The first-order chi connectivity index (χ1) is 5.72. The SMILES string of the molecule is CC(C=O)CCc1nnn(C)n1. The van der Waals surface area contributed by atoms with Gasteiger partial charge in [0.05, 0.1) is 7.05 Å². The van der Waals surface area contributed by atoms with Crippen LogP contribution in [0.4, 0.5) is 0 Å². The van der Waals surface area contributed by atoms with Gasteiger partial charge < -0.3 is 4.79 Å². The van der Waals surface area contributed by atoms with Crippen LogP contribution in [0.3, 0.4) is 0 Å². The fraction of sp³-hybridized carbons (Fsp3) is 0.714. The Morgan fingerprint density at radius 1 is 1.67 bits per heavy atom. The zero-order valence-electron chi connectivity index (χ0n) is 7.27. The second kappa shape index (κ2) is 3.94. The summed E-state index contributed by atoms with van der Waals surface area (Å²) in [7, 11) is 1.72. The summed E-state index contributed by atoms with van der Waals surface area (Å²) < 4.78 is 0. The van der Waals surface area contributed by atoms with Gasteiger partial charge in [-0.2, -0.15) is 4.80 Å². The summed E-state index contributed by atoms with van der Waals surface area (Å²) in [5, 5.41) is 11.5. The second-order valence-electron chi connectivity index (χ2n) is 2.85. The van der Waals surface area contributed by atoms with Crippen molar-refractivity contribution in [2.45, 2.75) is 19.8 Å². The zero-order valence-corrected chi connectivity index (χ0v) is 7.27. The molecule has 1 aromatic rings. The standard InChI is InChI=1S/C7H12N4O/c1-6(5-12)3-4-7-8-10-11(2)9-7/h5-6H,3-4H2,1-2H3. The number of aryl methyl sites for hydroxylation is 2. The molecule has 0 amide bonds. The van der Waals surface area contributed by atoms with Gasteiger partial charge in [0.1, 0.15) is 6.29 Å². The van der Waals surface area contributed by atoms with E-state index in [1.807, 2.05) is 6.92 Å². The first-order valence-corrected chi connectivity index (χ1v) is 3.90. The molecule has 5 heteroatoms. The number of hydrogen-bond donors (Lipinski definition) is 0. The van der Waals surface area contributed by atoms with Crippen molar-refractivity contribution in [3.05, 3.63) is 5.82 Å². The largest absolute Gasteiger partial charge is 0.303 e. The molecule has 0 fully saturated rings. The third-order valence-corrected chi connectivity index (χ3v) is 1.61. The number of aromatic nitrogens is 4. The Morgan fingerprint density at radius 2 is 2.42 bits per heavy atom. The third kappa shape index (κ3) is 2.41. The summed E-state index contributed by atoms with van der Waals surface area (Å²) in [6, 6.07) is 0. The normalized spacial score (nSPS) is 12.8. The number of tetrazole rings is 1. The number of aldehydes is 1. The van der Waals surface area contributed by atoms with Gasteiger partial charge in [0.25, 0.3) is 0 Å². The van der Waals surface area contributed by atoms with Crippen LogP contribution in [-0.2, 0) is 18.3 Å². The number of rotatable bonds is 4. The fourth-order valence-electron chi connectivity index (χ4n) is 0.848. The Bertz CT molecular complexity index is 258. The average Bonchev–Trinajstić information content (AvgIpc) is 2.47. The number of carbonyl (C=O) groups is 1. The molecule has 1 atom stereocenters. The molecular weight excluding hydrogens is 156 g/mol. The summed E-state index contributed by atoms with van der Waals surface area (Å²) in [5.41, 5.74) is 0. The van der Waals surface area contributed by atoms with Gasteiger partial charge in [0.2, 0.25) is 0 Å². The molecule has 1 rings (SSSR count). The number of hydrogen-bond acceptors (Lipinski definition) is 4. The van der Waals surface area contributed by atoms with Crippen molar-refractivity contribution in [2.24, 2.45) is 13.0 Å². The van der Waals surface area contributed by atoms with Gasteiger partial charge in [-0.05, 0) is 11.6 Å². The minimum atomic E-state index is 0.0776. The van der Waals surface area contributed by atoms with Crippen molar-refractivity contribution in [1.82, 2.24) is 20.2 Å². The molecule has 1 aromatic heterocycles. The second-order valence-corrected chi connectivity index (χ2v) is 2.85. The van der Waals surface area contributed by atoms with Crippen LogP contribution in [0.25, 0.3) is 0 Å². The molecule has 0 radical (unpaired) electrons. The molecule has 0 aliphatic heterocycles. The molecule has 0 saturated carbocycles. The van der Waals surface area contributed by atoms with E-state index in [-0.39, 0.29) is 5.92 Å². The Hall–Kier alpha value is -1.26. The highest BCUT2D eigenvalue weighted by Gasteiger charge is 2.04. The van der Waals surface area contributed by atoms with Gasteiger partial charge in [-0.15, -0.1) is 10.2 Å². The minimum absolute atomic E-state index is 0.0776. The van der Waals surface area contributed by atoms with E-state index in [9.17, 15) is 4.79 Å². The van der Waals surface area contributed by atoms with Gasteiger partial charge in [0, 0.05) is 12.3 Å². The predicted molar refractivity (Wildman–Crippen MR) is 42.3 cm³/mol. The molecule has 0 aliphatic rings. The Kier molecular flexibility index (Phi) is 2.90.